The molecular formula is C26H27FN2O2. The lowest BCUT2D eigenvalue weighted by Gasteiger charge is -2.18. The molecule has 0 aliphatic rings. The van der Waals surface area contributed by atoms with Gasteiger partial charge in [0.25, 0.3) is 0 Å². The minimum Gasteiger partial charge on any atom is -0.323 e. The molecule has 0 saturated carbocycles. The van der Waals surface area contributed by atoms with Crippen LogP contribution in [-0.4, -0.2) is 10.5 Å². The molecule has 1 aromatic heterocycles. The maximum absolute atomic E-state index is 13.8. The number of hydrogen-bond acceptors (Lipinski definition) is 2. The number of hydrogen-bond donors (Lipinski definition) is 1. The summed E-state index contributed by atoms with van der Waals surface area (Å²) in [5.41, 5.74) is 6.73. The first-order valence-electron chi connectivity index (χ1n) is 10.3. The second-order valence-electron chi connectivity index (χ2n) is 7.79. The zero-order valence-electron chi connectivity index (χ0n) is 18.4. The van der Waals surface area contributed by atoms with Gasteiger partial charge in [0.05, 0.1) is 5.69 Å². The van der Waals surface area contributed by atoms with Crippen molar-refractivity contribution >= 4 is 11.6 Å². The summed E-state index contributed by atoms with van der Waals surface area (Å²) < 4.78 is 15.7. The molecule has 1 amide bonds. The molecule has 0 fully saturated rings. The topological polar surface area (TPSA) is 51.1 Å². The van der Waals surface area contributed by atoms with Crippen molar-refractivity contribution in [2.75, 3.05) is 5.32 Å². The lowest BCUT2D eigenvalue weighted by atomic mass is 9.94. The zero-order chi connectivity index (χ0) is 22.7. The van der Waals surface area contributed by atoms with E-state index in [0.717, 1.165) is 33.5 Å². The van der Waals surface area contributed by atoms with Crippen LogP contribution in [0, 0.1) is 26.6 Å². The molecule has 160 valence electrons. The molecule has 0 atom stereocenters. The number of aromatic nitrogens is 1. The fourth-order valence-corrected chi connectivity index (χ4v) is 3.81. The molecule has 3 aromatic rings. The van der Waals surface area contributed by atoms with E-state index in [-0.39, 0.29) is 17.2 Å². The van der Waals surface area contributed by atoms with Crippen LogP contribution >= 0.6 is 0 Å². The molecule has 3 rings (SSSR count). The predicted molar refractivity (Wildman–Crippen MR) is 124 cm³/mol. The van der Waals surface area contributed by atoms with E-state index in [4.69, 9.17) is 0 Å². The Morgan fingerprint density at radius 3 is 2.35 bits per heavy atom. The fourth-order valence-electron chi connectivity index (χ4n) is 3.81. The molecule has 1 N–H and O–H groups in total. The van der Waals surface area contributed by atoms with Gasteiger partial charge in [0.2, 0.25) is 5.91 Å². The maximum atomic E-state index is 13.8. The third-order valence-electron chi connectivity index (χ3n) is 5.50. The molecule has 1 heterocycles. The SMILES string of the molecule is C=CC(=O)Nc1ccc(Cc2c(C)cc(F)cc2C)c(-n2cc(C)c(=O)c(CC)c2)c1. The Kier molecular flexibility index (Phi) is 6.54. The molecule has 0 spiro atoms. The summed E-state index contributed by atoms with van der Waals surface area (Å²) in [6.45, 7) is 11.1. The highest BCUT2D eigenvalue weighted by Gasteiger charge is 2.13. The van der Waals surface area contributed by atoms with Gasteiger partial charge in [-0.15, -0.1) is 0 Å². The summed E-state index contributed by atoms with van der Waals surface area (Å²) in [6, 6.07) is 8.76. The van der Waals surface area contributed by atoms with Crippen LogP contribution < -0.4 is 10.7 Å². The Morgan fingerprint density at radius 1 is 1.06 bits per heavy atom. The van der Waals surface area contributed by atoms with Crippen LogP contribution in [0.4, 0.5) is 10.1 Å². The number of amides is 1. The molecule has 0 radical (unpaired) electrons. The van der Waals surface area contributed by atoms with Crippen molar-refractivity contribution in [1.82, 2.24) is 4.57 Å². The van der Waals surface area contributed by atoms with Crippen LogP contribution in [0.2, 0.25) is 0 Å². The first kappa shape index (κ1) is 22.2. The van der Waals surface area contributed by atoms with Gasteiger partial charge in [0.1, 0.15) is 5.82 Å². The standard InChI is InChI=1S/C26H27FN2O2/c1-6-19-15-29(14-18(5)26(19)31)24-13-22(28-25(30)7-2)9-8-20(24)12-23-16(3)10-21(27)11-17(23)4/h7-11,13-15H,2,6,12H2,1,3-5H3,(H,28,30). The normalized spacial score (nSPS) is 10.7. The summed E-state index contributed by atoms with van der Waals surface area (Å²) in [7, 11) is 0. The van der Waals surface area contributed by atoms with E-state index in [2.05, 4.69) is 11.9 Å². The van der Waals surface area contributed by atoms with E-state index in [1.54, 1.807) is 19.1 Å². The van der Waals surface area contributed by atoms with E-state index in [1.165, 1.54) is 6.08 Å². The minimum atomic E-state index is -0.297. The number of pyridine rings is 1. The molecular weight excluding hydrogens is 391 g/mol. The van der Waals surface area contributed by atoms with Gasteiger partial charge in [-0.1, -0.05) is 19.6 Å². The Hall–Kier alpha value is -3.47. The summed E-state index contributed by atoms with van der Waals surface area (Å²) >= 11 is 0. The highest BCUT2D eigenvalue weighted by atomic mass is 19.1. The molecule has 2 aromatic carbocycles. The third kappa shape index (κ3) is 4.82. The number of carbonyl (C=O) groups excluding carboxylic acids is 1. The van der Waals surface area contributed by atoms with Gasteiger partial charge in [-0.3, -0.25) is 9.59 Å². The van der Waals surface area contributed by atoms with E-state index >= 15 is 0 Å². The van der Waals surface area contributed by atoms with Crippen molar-refractivity contribution in [2.24, 2.45) is 0 Å². The van der Waals surface area contributed by atoms with E-state index in [1.807, 2.05) is 55.9 Å². The lowest BCUT2D eigenvalue weighted by Crippen LogP contribution is -2.16. The monoisotopic (exact) mass is 418 g/mol. The smallest absolute Gasteiger partial charge is 0.247 e. The number of carbonyl (C=O) groups is 1. The summed E-state index contributed by atoms with van der Waals surface area (Å²) in [6.07, 6.45) is 6.09. The minimum absolute atomic E-state index is 0.0432. The largest absolute Gasteiger partial charge is 0.323 e. The first-order chi connectivity index (χ1) is 14.7. The number of rotatable bonds is 6. The van der Waals surface area contributed by atoms with Gasteiger partial charge in [0.15, 0.2) is 5.43 Å². The average Bonchev–Trinajstić information content (AvgIpc) is 2.73. The Balaban J connectivity index is 2.18. The van der Waals surface area contributed by atoms with E-state index in [9.17, 15) is 14.0 Å². The molecule has 5 heteroatoms. The fraction of sp³-hybridized carbons (Fsp3) is 0.231. The van der Waals surface area contributed by atoms with Crippen molar-refractivity contribution in [3.63, 3.8) is 0 Å². The molecule has 0 aliphatic heterocycles. The second kappa shape index (κ2) is 9.13. The van der Waals surface area contributed by atoms with Crippen LogP contribution in [0.15, 0.2) is 60.2 Å². The van der Waals surface area contributed by atoms with Crippen LogP contribution in [0.25, 0.3) is 5.69 Å². The van der Waals surface area contributed by atoms with Gasteiger partial charge in [-0.25, -0.2) is 4.39 Å². The van der Waals surface area contributed by atoms with Gasteiger partial charge < -0.3 is 9.88 Å². The molecule has 0 bridgehead atoms. The van der Waals surface area contributed by atoms with Crippen molar-refractivity contribution in [1.29, 1.82) is 0 Å². The number of benzene rings is 2. The number of nitrogens with one attached hydrogen (secondary N) is 1. The molecule has 0 aliphatic carbocycles. The molecule has 31 heavy (non-hydrogen) atoms. The van der Waals surface area contributed by atoms with Gasteiger partial charge in [-0.2, -0.15) is 0 Å². The van der Waals surface area contributed by atoms with Crippen molar-refractivity contribution in [3.05, 3.63) is 105 Å². The first-order valence-corrected chi connectivity index (χ1v) is 10.3. The van der Waals surface area contributed by atoms with Crippen LogP contribution in [0.5, 0.6) is 0 Å². The number of nitrogens with zero attached hydrogens (tertiary/aromatic N) is 1. The number of halogens is 1. The average molecular weight is 419 g/mol. The highest BCUT2D eigenvalue weighted by Crippen LogP contribution is 2.26. The van der Waals surface area contributed by atoms with Crippen LogP contribution in [0.3, 0.4) is 0 Å². The van der Waals surface area contributed by atoms with Crippen molar-refractivity contribution < 1.29 is 9.18 Å². The van der Waals surface area contributed by atoms with Crippen LogP contribution in [0.1, 0.15) is 40.3 Å². The summed E-state index contributed by atoms with van der Waals surface area (Å²) in [5, 5.41) is 2.80. The van der Waals surface area contributed by atoms with Crippen molar-refractivity contribution in [3.8, 4) is 5.69 Å². The Labute approximate surface area is 182 Å². The van der Waals surface area contributed by atoms with Gasteiger partial charge in [0, 0.05) is 35.6 Å². The summed E-state index contributed by atoms with van der Waals surface area (Å²) in [5.74, 6) is -0.542. The van der Waals surface area contributed by atoms with E-state index in [0.29, 0.717) is 24.1 Å². The second-order valence-corrected chi connectivity index (χ2v) is 7.79. The third-order valence-corrected chi connectivity index (χ3v) is 5.50. The predicted octanol–water partition coefficient (Wildman–Crippen LogP) is 5.18. The Morgan fingerprint density at radius 2 is 1.74 bits per heavy atom. The number of anilines is 1. The van der Waals surface area contributed by atoms with E-state index < -0.39 is 0 Å². The van der Waals surface area contributed by atoms with Gasteiger partial charge in [-0.05, 0) is 79.8 Å². The van der Waals surface area contributed by atoms with Gasteiger partial charge >= 0.3 is 0 Å². The zero-order valence-corrected chi connectivity index (χ0v) is 18.4. The highest BCUT2D eigenvalue weighted by molar-refractivity contribution is 5.99. The van der Waals surface area contributed by atoms with Crippen molar-refractivity contribution in [2.45, 2.75) is 40.5 Å². The van der Waals surface area contributed by atoms with Crippen LogP contribution in [-0.2, 0) is 17.6 Å². The molecule has 0 unspecified atom stereocenters. The molecule has 4 nitrogen and oxygen atoms in total. The quantitative estimate of drug-likeness (QED) is 0.561. The number of aryl methyl sites for hydroxylation is 4. The maximum Gasteiger partial charge on any atom is 0.247 e. The Bertz CT molecular complexity index is 1200. The molecule has 0 saturated heterocycles. The lowest BCUT2D eigenvalue weighted by molar-refractivity contribution is -0.111. The summed E-state index contributed by atoms with van der Waals surface area (Å²) in [4.78, 5) is 24.2.